The molecule has 0 saturated carbocycles. The Bertz CT molecular complexity index is 1160. The summed E-state index contributed by atoms with van der Waals surface area (Å²) in [5.41, 5.74) is 3.02. The van der Waals surface area contributed by atoms with Crippen molar-refractivity contribution in [3.63, 3.8) is 0 Å². The third-order valence-corrected chi connectivity index (χ3v) is 5.07. The van der Waals surface area contributed by atoms with Crippen LogP contribution in [0.2, 0.25) is 0 Å². The Morgan fingerprint density at radius 2 is 1.86 bits per heavy atom. The molecule has 4 rings (SSSR count). The molecule has 0 aromatic heterocycles. The van der Waals surface area contributed by atoms with Gasteiger partial charge in [-0.1, -0.05) is 66.8 Å². The molecule has 0 spiro atoms. The van der Waals surface area contributed by atoms with E-state index in [1.165, 1.54) is 12.1 Å². The van der Waals surface area contributed by atoms with Crippen molar-refractivity contribution < 1.29 is 15.0 Å². The lowest BCUT2D eigenvalue weighted by Gasteiger charge is -2.28. The van der Waals surface area contributed by atoms with Crippen molar-refractivity contribution in [2.75, 3.05) is 0 Å². The zero-order valence-electron chi connectivity index (χ0n) is 15.6. The SMILES string of the molecule is O=C(N/N=C\C1(c2ccc(O)cc2O)C=CC=CC1)c1cccc2ccccc12. The van der Waals surface area contributed by atoms with Crippen molar-refractivity contribution in [2.45, 2.75) is 11.8 Å². The van der Waals surface area contributed by atoms with Gasteiger partial charge in [-0.25, -0.2) is 5.43 Å². The molecule has 0 radical (unpaired) electrons. The van der Waals surface area contributed by atoms with E-state index in [1.807, 2.05) is 60.7 Å². The molecule has 3 N–H and O–H groups in total. The topological polar surface area (TPSA) is 81.9 Å². The third kappa shape index (κ3) is 3.62. The third-order valence-electron chi connectivity index (χ3n) is 5.07. The van der Waals surface area contributed by atoms with Crippen LogP contribution in [0.25, 0.3) is 10.8 Å². The van der Waals surface area contributed by atoms with E-state index in [-0.39, 0.29) is 17.4 Å². The zero-order chi connectivity index (χ0) is 20.3. The second-order valence-corrected chi connectivity index (χ2v) is 6.96. The minimum atomic E-state index is -0.724. The number of hydrogen-bond donors (Lipinski definition) is 3. The van der Waals surface area contributed by atoms with Crippen molar-refractivity contribution in [2.24, 2.45) is 5.10 Å². The largest absolute Gasteiger partial charge is 0.508 e. The highest BCUT2D eigenvalue weighted by atomic mass is 16.3. The van der Waals surface area contributed by atoms with E-state index in [0.29, 0.717) is 17.5 Å². The standard InChI is InChI=1S/C24H20N2O3/c27-18-11-12-21(22(28)15-18)24(13-4-1-5-14-24)16-25-26-23(29)20-10-6-8-17-7-2-3-9-19(17)20/h1-13,15-16,27-28H,14H2,(H,26,29)/b25-16-. The first-order chi connectivity index (χ1) is 14.1. The van der Waals surface area contributed by atoms with Gasteiger partial charge < -0.3 is 10.2 Å². The number of hydrazone groups is 1. The maximum atomic E-state index is 12.7. The summed E-state index contributed by atoms with van der Waals surface area (Å²) in [5.74, 6) is -0.354. The van der Waals surface area contributed by atoms with E-state index in [1.54, 1.807) is 18.3 Å². The van der Waals surface area contributed by atoms with E-state index in [9.17, 15) is 15.0 Å². The number of carbonyl (C=O) groups is 1. The van der Waals surface area contributed by atoms with Crippen molar-refractivity contribution in [3.05, 3.63) is 96.1 Å². The number of amides is 1. The van der Waals surface area contributed by atoms with Crippen LogP contribution >= 0.6 is 0 Å². The molecule has 0 aliphatic heterocycles. The Kier molecular flexibility index (Phi) is 4.87. The number of phenolic OH excluding ortho intramolecular Hbond substituents is 2. The Hall–Kier alpha value is -3.86. The van der Waals surface area contributed by atoms with Crippen LogP contribution in [-0.4, -0.2) is 22.3 Å². The second kappa shape index (κ2) is 7.64. The van der Waals surface area contributed by atoms with E-state index < -0.39 is 5.41 Å². The van der Waals surface area contributed by atoms with Gasteiger partial charge in [0, 0.05) is 23.4 Å². The van der Waals surface area contributed by atoms with E-state index in [2.05, 4.69) is 10.5 Å². The number of rotatable bonds is 4. The minimum Gasteiger partial charge on any atom is -0.508 e. The lowest BCUT2D eigenvalue weighted by atomic mass is 9.76. The summed E-state index contributed by atoms with van der Waals surface area (Å²) in [4.78, 5) is 12.7. The molecule has 1 aliphatic carbocycles. The van der Waals surface area contributed by atoms with E-state index >= 15 is 0 Å². The maximum Gasteiger partial charge on any atom is 0.271 e. The minimum absolute atomic E-state index is 0.0158. The Balaban J connectivity index is 1.62. The molecule has 5 nitrogen and oxygen atoms in total. The van der Waals surface area contributed by atoms with Crippen molar-refractivity contribution >= 4 is 22.9 Å². The second-order valence-electron chi connectivity index (χ2n) is 6.96. The quantitative estimate of drug-likeness (QED) is 0.460. The molecule has 0 fully saturated rings. The van der Waals surface area contributed by atoms with Crippen LogP contribution in [-0.2, 0) is 5.41 Å². The molecule has 1 aliphatic rings. The van der Waals surface area contributed by atoms with Crippen LogP contribution in [0.1, 0.15) is 22.3 Å². The van der Waals surface area contributed by atoms with Gasteiger partial charge in [-0.2, -0.15) is 5.10 Å². The van der Waals surface area contributed by atoms with E-state index in [0.717, 1.165) is 10.8 Å². The van der Waals surface area contributed by atoms with Crippen LogP contribution in [0.15, 0.2) is 90.1 Å². The molecule has 0 saturated heterocycles. The number of hydrogen-bond acceptors (Lipinski definition) is 4. The van der Waals surface area contributed by atoms with Gasteiger partial charge in [0.2, 0.25) is 0 Å². The zero-order valence-corrected chi connectivity index (χ0v) is 15.6. The van der Waals surface area contributed by atoms with Gasteiger partial charge in [0.1, 0.15) is 11.5 Å². The molecule has 0 bridgehead atoms. The van der Waals surface area contributed by atoms with Crippen LogP contribution in [0.3, 0.4) is 0 Å². The molecule has 3 aromatic carbocycles. The molecule has 144 valence electrons. The summed E-state index contributed by atoms with van der Waals surface area (Å²) in [6.07, 6.45) is 9.84. The summed E-state index contributed by atoms with van der Waals surface area (Å²) in [6, 6.07) is 17.7. The summed E-state index contributed by atoms with van der Waals surface area (Å²) < 4.78 is 0. The molecular weight excluding hydrogens is 364 g/mol. The first-order valence-corrected chi connectivity index (χ1v) is 9.28. The van der Waals surface area contributed by atoms with Gasteiger partial charge in [0.05, 0.1) is 5.41 Å². The average Bonchev–Trinajstić information content (AvgIpc) is 2.74. The number of nitrogens with one attached hydrogen (secondary N) is 1. The molecule has 1 atom stereocenters. The highest BCUT2D eigenvalue weighted by Gasteiger charge is 2.30. The molecule has 29 heavy (non-hydrogen) atoms. The smallest absolute Gasteiger partial charge is 0.271 e. The monoisotopic (exact) mass is 384 g/mol. The summed E-state index contributed by atoms with van der Waals surface area (Å²) in [6.45, 7) is 0. The highest BCUT2D eigenvalue weighted by molar-refractivity contribution is 6.07. The van der Waals surface area contributed by atoms with Gasteiger partial charge in [0.25, 0.3) is 5.91 Å². The molecular formula is C24H20N2O3. The van der Waals surface area contributed by atoms with Crippen molar-refractivity contribution in [3.8, 4) is 11.5 Å². The fourth-order valence-electron chi connectivity index (χ4n) is 3.61. The summed E-state index contributed by atoms with van der Waals surface area (Å²) in [7, 11) is 0. The summed E-state index contributed by atoms with van der Waals surface area (Å²) in [5, 5.41) is 26.0. The number of carbonyl (C=O) groups excluding carboxylic acids is 1. The Morgan fingerprint density at radius 1 is 1.03 bits per heavy atom. The van der Waals surface area contributed by atoms with Crippen molar-refractivity contribution in [1.29, 1.82) is 0 Å². The van der Waals surface area contributed by atoms with E-state index in [4.69, 9.17) is 0 Å². The molecule has 1 unspecified atom stereocenters. The van der Waals surface area contributed by atoms with Crippen LogP contribution in [0.5, 0.6) is 11.5 Å². The van der Waals surface area contributed by atoms with Gasteiger partial charge in [-0.05, 0) is 29.3 Å². The van der Waals surface area contributed by atoms with Gasteiger partial charge >= 0.3 is 0 Å². The molecule has 5 heteroatoms. The predicted octanol–water partition coefficient (Wildman–Crippen LogP) is 4.42. The van der Waals surface area contributed by atoms with Gasteiger partial charge in [-0.15, -0.1) is 0 Å². The molecule has 0 heterocycles. The molecule has 1 amide bonds. The lowest BCUT2D eigenvalue weighted by molar-refractivity contribution is 0.0956. The fourth-order valence-corrected chi connectivity index (χ4v) is 3.61. The number of fused-ring (bicyclic) bond motifs is 1. The molecule has 3 aromatic rings. The van der Waals surface area contributed by atoms with Crippen molar-refractivity contribution in [1.82, 2.24) is 5.43 Å². The number of allylic oxidation sites excluding steroid dienone is 4. The van der Waals surface area contributed by atoms with Crippen LogP contribution < -0.4 is 5.43 Å². The van der Waals surface area contributed by atoms with Crippen LogP contribution in [0, 0.1) is 0 Å². The lowest BCUT2D eigenvalue weighted by Crippen LogP contribution is -2.28. The Labute approximate surface area is 168 Å². The number of aromatic hydroxyl groups is 2. The summed E-state index contributed by atoms with van der Waals surface area (Å²) >= 11 is 0. The van der Waals surface area contributed by atoms with Gasteiger partial charge in [-0.3, -0.25) is 4.79 Å². The van der Waals surface area contributed by atoms with Gasteiger partial charge in [0.15, 0.2) is 0 Å². The maximum absolute atomic E-state index is 12.7. The predicted molar refractivity (Wildman–Crippen MR) is 114 cm³/mol. The fraction of sp³-hybridized carbons (Fsp3) is 0.0833. The average molecular weight is 384 g/mol. The first-order valence-electron chi connectivity index (χ1n) is 9.28. The number of phenols is 2. The number of nitrogens with zero attached hydrogens (tertiary/aromatic N) is 1. The normalized spacial score (nSPS) is 18.3. The van der Waals surface area contributed by atoms with Crippen LogP contribution in [0.4, 0.5) is 0 Å². The first kappa shape index (κ1) is 18.5. The number of benzene rings is 3. The highest BCUT2D eigenvalue weighted by Crippen LogP contribution is 2.38. The Morgan fingerprint density at radius 3 is 2.66 bits per heavy atom.